The predicted octanol–water partition coefficient (Wildman–Crippen LogP) is 4.06. The van der Waals surface area contributed by atoms with Crippen LogP contribution in [0.5, 0.6) is 0 Å². The van der Waals surface area contributed by atoms with Crippen molar-refractivity contribution in [2.75, 3.05) is 6.54 Å². The molecule has 1 aliphatic rings. The van der Waals surface area contributed by atoms with Gasteiger partial charge in [0.15, 0.2) is 0 Å². The third-order valence-corrected chi connectivity index (χ3v) is 4.79. The van der Waals surface area contributed by atoms with Crippen molar-refractivity contribution in [3.05, 3.63) is 71.1 Å². The summed E-state index contributed by atoms with van der Waals surface area (Å²) in [5.41, 5.74) is 2.61. The lowest BCUT2D eigenvalue weighted by molar-refractivity contribution is -0.130. The molecule has 0 aliphatic carbocycles. The van der Waals surface area contributed by atoms with Crippen molar-refractivity contribution in [2.45, 2.75) is 32.2 Å². The number of carbonyl (C=O) groups is 1. The predicted molar refractivity (Wildman–Crippen MR) is 102 cm³/mol. The standard InChI is InChI=1S/C21H23N3O2/c1-15-7-9-16(10-8-15)20(25)18(13-22)21(26)24-12-3-2-6-19(24)17-5-4-11-23-14-17/h4-5,7-11,13-14,19,22,25H,2-3,6,12H2,1H3/b20-18+,22-13?. The number of carbonyl (C=O) groups excluding carboxylic acids is 1. The molecule has 0 spiro atoms. The second kappa shape index (κ2) is 7.95. The maximum Gasteiger partial charge on any atom is 0.259 e. The summed E-state index contributed by atoms with van der Waals surface area (Å²) < 4.78 is 0. The minimum atomic E-state index is -0.313. The fourth-order valence-corrected chi connectivity index (χ4v) is 3.35. The minimum absolute atomic E-state index is 0.0182. The van der Waals surface area contributed by atoms with Crippen LogP contribution in [0, 0.1) is 12.3 Å². The minimum Gasteiger partial charge on any atom is -0.506 e. The van der Waals surface area contributed by atoms with E-state index in [1.54, 1.807) is 29.4 Å². The van der Waals surface area contributed by atoms with Gasteiger partial charge in [0, 0.05) is 30.7 Å². The number of benzene rings is 1. The van der Waals surface area contributed by atoms with Crippen LogP contribution in [-0.2, 0) is 4.79 Å². The number of likely N-dealkylation sites (tertiary alicyclic amines) is 1. The van der Waals surface area contributed by atoms with Gasteiger partial charge in [0.25, 0.3) is 5.91 Å². The first kappa shape index (κ1) is 17.9. The number of amides is 1. The topological polar surface area (TPSA) is 77.3 Å². The van der Waals surface area contributed by atoms with Gasteiger partial charge in [-0.3, -0.25) is 9.78 Å². The molecule has 134 valence electrons. The lowest BCUT2D eigenvalue weighted by Crippen LogP contribution is -2.39. The molecular weight excluding hydrogens is 326 g/mol. The van der Waals surface area contributed by atoms with Crippen LogP contribution in [0.1, 0.15) is 42.0 Å². The first-order valence-corrected chi connectivity index (χ1v) is 8.83. The molecule has 1 saturated heterocycles. The van der Waals surface area contributed by atoms with E-state index in [4.69, 9.17) is 5.41 Å². The fraction of sp³-hybridized carbons (Fsp3) is 0.286. The fourth-order valence-electron chi connectivity index (χ4n) is 3.35. The monoisotopic (exact) mass is 349 g/mol. The molecule has 5 nitrogen and oxygen atoms in total. The quantitative estimate of drug-likeness (QED) is 0.496. The molecule has 0 bridgehead atoms. The number of aryl methyl sites for hydroxylation is 1. The Hall–Kier alpha value is -2.95. The van der Waals surface area contributed by atoms with Crippen LogP contribution in [0.25, 0.3) is 5.76 Å². The summed E-state index contributed by atoms with van der Waals surface area (Å²) in [7, 11) is 0. The van der Waals surface area contributed by atoms with Gasteiger partial charge in [-0.15, -0.1) is 0 Å². The highest BCUT2D eigenvalue weighted by atomic mass is 16.3. The van der Waals surface area contributed by atoms with Gasteiger partial charge in [-0.1, -0.05) is 35.9 Å². The van der Waals surface area contributed by atoms with Gasteiger partial charge in [-0.25, -0.2) is 0 Å². The number of hydrogen-bond acceptors (Lipinski definition) is 4. The third kappa shape index (κ3) is 3.67. The van der Waals surface area contributed by atoms with Crippen LogP contribution in [0.4, 0.5) is 0 Å². The molecule has 1 fully saturated rings. The molecule has 2 aromatic rings. The summed E-state index contributed by atoms with van der Waals surface area (Å²) in [4.78, 5) is 19.1. The molecule has 2 heterocycles. The highest BCUT2D eigenvalue weighted by Crippen LogP contribution is 2.32. The average molecular weight is 349 g/mol. The number of hydrogen-bond donors (Lipinski definition) is 2. The average Bonchev–Trinajstić information content (AvgIpc) is 2.69. The molecule has 0 radical (unpaired) electrons. The van der Waals surface area contributed by atoms with Crippen molar-refractivity contribution < 1.29 is 9.90 Å². The van der Waals surface area contributed by atoms with E-state index in [1.165, 1.54) is 0 Å². The summed E-state index contributed by atoms with van der Waals surface area (Å²) in [6, 6.07) is 11.0. The normalized spacial score (nSPS) is 18.2. The number of nitrogens with zero attached hydrogens (tertiary/aromatic N) is 2. The molecule has 1 aromatic heterocycles. The van der Waals surface area contributed by atoms with Gasteiger partial charge in [-0.05, 0) is 37.8 Å². The molecule has 1 aliphatic heterocycles. The van der Waals surface area contributed by atoms with Crippen molar-refractivity contribution >= 4 is 17.9 Å². The molecule has 1 amide bonds. The number of aliphatic hydroxyl groups excluding tert-OH is 1. The molecule has 2 N–H and O–H groups in total. The zero-order valence-corrected chi connectivity index (χ0v) is 14.9. The third-order valence-electron chi connectivity index (χ3n) is 4.79. The van der Waals surface area contributed by atoms with E-state index in [9.17, 15) is 9.90 Å². The summed E-state index contributed by atoms with van der Waals surface area (Å²) in [5, 5.41) is 18.3. The highest BCUT2D eigenvalue weighted by Gasteiger charge is 2.30. The molecule has 5 heteroatoms. The van der Waals surface area contributed by atoms with Crippen molar-refractivity contribution in [3.63, 3.8) is 0 Å². The summed E-state index contributed by atoms with van der Waals surface area (Å²) >= 11 is 0. The maximum atomic E-state index is 13.1. The molecule has 1 atom stereocenters. The van der Waals surface area contributed by atoms with Crippen molar-refractivity contribution in [1.82, 2.24) is 9.88 Å². The van der Waals surface area contributed by atoms with Crippen molar-refractivity contribution in [2.24, 2.45) is 0 Å². The van der Waals surface area contributed by atoms with Crippen LogP contribution in [0.2, 0.25) is 0 Å². The Morgan fingerprint density at radius 2 is 2.04 bits per heavy atom. The Kier molecular flexibility index (Phi) is 5.46. The Labute approximate surface area is 153 Å². The van der Waals surface area contributed by atoms with Gasteiger partial charge < -0.3 is 15.4 Å². The number of pyridine rings is 1. The SMILES string of the molecule is Cc1ccc(/C(O)=C(/C=N)C(=O)N2CCCCC2c2cccnc2)cc1. The summed E-state index contributed by atoms with van der Waals surface area (Å²) in [6.45, 7) is 2.57. The lowest BCUT2D eigenvalue weighted by atomic mass is 9.95. The van der Waals surface area contributed by atoms with E-state index in [-0.39, 0.29) is 23.3 Å². The second-order valence-electron chi connectivity index (χ2n) is 6.57. The Balaban J connectivity index is 1.94. The number of rotatable bonds is 4. The molecule has 3 rings (SSSR count). The van der Waals surface area contributed by atoms with E-state index >= 15 is 0 Å². The zero-order valence-electron chi connectivity index (χ0n) is 14.9. The van der Waals surface area contributed by atoms with E-state index in [0.717, 1.165) is 36.6 Å². The van der Waals surface area contributed by atoms with E-state index in [2.05, 4.69) is 4.98 Å². The molecular formula is C21H23N3O2. The van der Waals surface area contributed by atoms with Crippen molar-refractivity contribution in [1.29, 1.82) is 5.41 Å². The number of nitrogens with one attached hydrogen (secondary N) is 1. The Bertz CT molecular complexity index is 813. The summed E-state index contributed by atoms with van der Waals surface area (Å²) in [6.07, 6.45) is 7.25. The van der Waals surface area contributed by atoms with Gasteiger partial charge >= 0.3 is 0 Å². The first-order valence-electron chi connectivity index (χ1n) is 8.83. The smallest absolute Gasteiger partial charge is 0.259 e. The number of aromatic nitrogens is 1. The molecule has 26 heavy (non-hydrogen) atoms. The highest BCUT2D eigenvalue weighted by molar-refractivity contribution is 6.16. The number of aliphatic hydroxyl groups is 1. The van der Waals surface area contributed by atoms with Crippen LogP contribution >= 0.6 is 0 Å². The second-order valence-corrected chi connectivity index (χ2v) is 6.57. The summed E-state index contributed by atoms with van der Waals surface area (Å²) in [5.74, 6) is -0.466. The van der Waals surface area contributed by atoms with Gasteiger partial charge in [-0.2, -0.15) is 0 Å². The van der Waals surface area contributed by atoms with Gasteiger partial charge in [0.1, 0.15) is 5.76 Å². The first-order chi connectivity index (χ1) is 12.6. The Morgan fingerprint density at radius 3 is 2.69 bits per heavy atom. The van der Waals surface area contributed by atoms with Crippen LogP contribution in [-0.4, -0.2) is 33.7 Å². The molecule has 1 aromatic carbocycles. The van der Waals surface area contributed by atoms with Crippen molar-refractivity contribution in [3.8, 4) is 0 Å². The van der Waals surface area contributed by atoms with E-state index < -0.39 is 0 Å². The van der Waals surface area contributed by atoms with E-state index in [1.807, 2.05) is 31.2 Å². The van der Waals surface area contributed by atoms with Crippen LogP contribution in [0.3, 0.4) is 0 Å². The van der Waals surface area contributed by atoms with E-state index in [0.29, 0.717) is 12.1 Å². The number of piperidine rings is 1. The van der Waals surface area contributed by atoms with Gasteiger partial charge in [0.2, 0.25) is 0 Å². The lowest BCUT2D eigenvalue weighted by Gasteiger charge is -2.36. The van der Waals surface area contributed by atoms with Gasteiger partial charge in [0.05, 0.1) is 11.6 Å². The zero-order chi connectivity index (χ0) is 18.5. The van der Waals surface area contributed by atoms with Crippen LogP contribution in [0.15, 0.2) is 54.4 Å². The van der Waals surface area contributed by atoms with Crippen LogP contribution < -0.4 is 0 Å². The molecule has 0 saturated carbocycles. The maximum absolute atomic E-state index is 13.1. The Morgan fingerprint density at radius 1 is 1.27 bits per heavy atom. The molecule has 1 unspecified atom stereocenters. The largest absolute Gasteiger partial charge is 0.506 e.